The average molecular weight is 1090 g/mol. The molecule has 0 radical (unpaired) electrons. The van der Waals surface area contributed by atoms with Gasteiger partial charge in [0.15, 0.2) is 0 Å². The number of aromatic hydroxyl groups is 1. The van der Waals surface area contributed by atoms with E-state index in [9.17, 15) is 10.2 Å². The molecular formula is C63H56Cl4NO2P3. The van der Waals surface area contributed by atoms with Gasteiger partial charge < -0.3 is 47.4 Å². The van der Waals surface area contributed by atoms with Crippen molar-refractivity contribution in [2.75, 3.05) is 0 Å². The second kappa shape index (κ2) is 26.0. The number of halogens is 4. The summed E-state index contributed by atoms with van der Waals surface area (Å²) in [5.74, 6) is 0.0683. The van der Waals surface area contributed by atoms with Gasteiger partial charge in [-0.1, -0.05) is 164 Å². The summed E-state index contributed by atoms with van der Waals surface area (Å²) in [6, 6.07) is 98.0. The van der Waals surface area contributed by atoms with Crippen LogP contribution < -0.4 is 85.0 Å². The van der Waals surface area contributed by atoms with Gasteiger partial charge in [0.25, 0.3) is 0 Å². The Kier molecular flexibility index (Phi) is 20.2. The van der Waals surface area contributed by atoms with Crippen molar-refractivity contribution in [1.82, 2.24) is 4.98 Å². The molecule has 10 rings (SSSR count). The fourth-order valence-corrected chi connectivity index (χ4v) is 23.0. The Labute approximate surface area is 457 Å². The predicted molar refractivity (Wildman–Crippen MR) is 306 cm³/mol. The monoisotopic (exact) mass is 1090 g/mol. The van der Waals surface area contributed by atoms with Crippen molar-refractivity contribution >= 4 is 81.9 Å². The smallest absolute Gasteiger partial charge is 0.146 e. The normalized spacial score (nSPS) is 11.2. The van der Waals surface area contributed by atoms with Crippen molar-refractivity contribution < 1.29 is 47.4 Å². The van der Waals surface area contributed by atoms with Gasteiger partial charge in [-0.3, -0.25) is 0 Å². The molecule has 1 heterocycles. The SMILES string of the molecule is Cl.OCc1c(O)c(C[P+](c2ccccc2)(c2ccccc2)c2ccccc2)nc(C[P+](c2ccccc2)(c2ccccc2)c2ccccc2)c1C[P+](c1ccccc1)(c1ccccc1)c1ccccc1.[Cl-].[Cl-].[Cl-]. The minimum atomic E-state index is -2.59. The molecule has 368 valence electrons. The molecule has 0 amide bonds. The largest absolute Gasteiger partial charge is 1.00 e. The summed E-state index contributed by atoms with van der Waals surface area (Å²) in [5.41, 5.74) is 2.94. The van der Waals surface area contributed by atoms with E-state index in [2.05, 4.69) is 273 Å². The van der Waals surface area contributed by atoms with Crippen LogP contribution in [0.15, 0.2) is 273 Å². The van der Waals surface area contributed by atoms with E-state index in [1.54, 1.807) is 0 Å². The average Bonchev–Trinajstić information content (AvgIpc) is 3.44. The molecule has 0 bridgehead atoms. The van der Waals surface area contributed by atoms with E-state index >= 15 is 0 Å². The topological polar surface area (TPSA) is 53.4 Å². The molecule has 9 aromatic carbocycles. The number of hydrogen-bond donors (Lipinski definition) is 2. The molecule has 0 saturated heterocycles. The third-order valence-electron chi connectivity index (χ3n) is 13.6. The molecule has 0 unspecified atom stereocenters. The molecule has 0 aliphatic carbocycles. The number of aliphatic hydroxyl groups is 1. The first kappa shape index (κ1) is 56.6. The first-order chi connectivity index (χ1) is 34.1. The van der Waals surface area contributed by atoms with E-state index in [4.69, 9.17) is 4.98 Å². The zero-order chi connectivity index (χ0) is 46.9. The molecule has 0 saturated carbocycles. The van der Waals surface area contributed by atoms with Crippen molar-refractivity contribution in [2.24, 2.45) is 0 Å². The van der Waals surface area contributed by atoms with E-state index in [0.29, 0.717) is 29.7 Å². The van der Waals surface area contributed by atoms with Gasteiger partial charge in [-0.15, -0.1) is 12.4 Å². The highest BCUT2D eigenvalue weighted by Gasteiger charge is 2.52. The van der Waals surface area contributed by atoms with E-state index in [1.807, 2.05) is 0 Å². The van der Waals surface area contributed by atoms with Crippen LogP contribution in [0.5, 0.6) is 5.75 Å². The lowest BCUT2D eigenvalue weighted by molar-refractivity contribution is -0.00100. The van der Waals surface area contributed by atoms with Crippen molar-refractivity contribution in [3.63, 3.8) is 0 Å². The van der Waals surface area contributed by atoms with Gasteiger partial charge in [0.2, 0.25) is 0 Å². The minimum Gasteiger partial charge on any atom is -1.00 e. The maximum absolute atomic E-state index is 13.3. The maximum atomic E-state index is 13.3. The summed E-state index contributed by atoms with van der Waals surface area (Å²) in [6.45, 7) is -0.358. The molecule has 2 N–H and O–H groups in total. The van der Waals surface area contributed by atoms with Crippen LogP contribution in [0.2, 0.25) is 0 Å². The predicted octanol–water partition coefficient (Wildman–Crippen LogP) is 2.20. The molecule has 0 atom stereocenters. The molecule has 10 aromatic rings. The van der Waals surface area contributed by atoms with Crippen molar-refractivity contribution in [2.45, 2.75) is 25.1 Å². The lowest BCUT2D eigenvalue weighted by Gasteiger charge is -2.32. The fraction of sp³-hybridized carbons (Fsp3) is 0.0635. The van der Waals surface area contributed by atoms with Crippen molar-refractivity contribution in [3.8, 4) is 5.75 Å². The summed E-state index contributed by atoms with van der Waals surface area (Å²) in [4.78, 5) is 5.98. The molecule has 73 heavy (non-hydrogen) atoms. The third-order valence-corrected chi connectivity index (χ3v) is 26.6. The highest BCUT2D eigenvalue weighted by atomic mass is 35.5. The highest BCUT2D eigenvalue weighted by molar-refractivity contribution is 7.96. The van der Waals surface area contributed by atoms with Gasteiger partial charge in [-0.05, 0) is 109 Å². The minimum absolute atomic E-state index is 0. The lowest BCUT2D eigenvalue weighted by Crippen LogP contribution is -3.00. The number of aromatic nitrogens is 1. The van der Waals surface area contributed by atoms with E-state index in [-0.39, 0.29) is 62.0 Å². The Morgan fingerprint density at radius 1 is 0.274 bits per heavy atom. The summed E-state index contributed by atoms with van der Waals surface area (Å²) >= 11 is 0. The zero-order valence-electron chi connectivity index (χ0n) is 40.0. The number of pyridine rings is 1. The maximum Gasteiger partial charge on any atom is 0.146 e. The van der Waals surface area contributed by atoms with E-state index in [0.717, 1.165) is 11.3 Å². The molecule has 0 aliphatic rings. The Bertz CT molecular complexity index is 2940. The van der Waals surface area contributed by atoms with Crippen LogP contribution in [0.25, 0.3) is 0 Å². The van der Waals surface area contributed by atoms with Gasteiger partial charge in [-0.25, -0.2) is 4.98 Å². The molecule has 10 heteroatoms. The van der Waals surface area contributed by atoms with Crippen molar-refractivity contribution in [1.29, 1.82) is 0 Å². The molecular weight excluding hydrogens is 1040 g/mol. The van der Waals surface area contributed by atoms with Crippen molar-refractivity contribution in [3.05, 3.63) is 296 Å². The summed E-state index contributed by atoms with van der Waals surface area (Å²) in [6.07, 6.45) is 1.54. The number of nitrogens with zero attached hydrogens (tertiary/aromatic N) is 1. The van der Waals surface area contributed by atoms with Gasteiger partial charge in [0.05, 0.1) is 12.3 Å². The molecule has 1 aromatic heterocycles. The van der Waals surface area contributed by atoms with Crippen LogP contribution in [0.3, 0.4) is 0 Å². The Morgan fingerprint density at radius 2 is 0.466 bits per heavy atom. The van der Waals surface area contributed by atoms with Crippen LogP contribution in [0.4, 0.5) is 0 Å². The number of hydrogen-bond acceptors (Lipinski definition) is 3. The number of aliphatic hydroxyl groups excluding tert-OH is 1. The van der Waals surface area contributed by atoms with Crippen LogP contribution >= 0.6 is 34.2 Å². The fourth-order valence-electron chi connectivity index (χ4n) is 10.4. The first-order valence-corrected chi connectivity index (χ1v) is 29.5. The van der Waals surface area contributed by atoms with Crippen LogP contribution in [-0.4, -0.2) is 15.2 Å². The Morgan fingerprint density at radius 3 is 0.671 bits per heavy atom. The third kappa shape index (κ3) is 11.1. The standard InChI is InChI=1S/C63H54NO2P3.4ClH/c65-46-59-60(47-67(50-28-10-1-11-29-50,51-30-12-2-13-31-51)52-32-14-3-15-33-52)61(48-68(53-34-16-4-17-35-53,54-36-18-5-19-37-54)55-38-20-6-21-39-55)64-62(63(59)66)49-69(56-40-22-7-23-41-56,57-42-24-8-25-43-57)58-44-26-9-27-45-58;;;;/h1-45,65H,46-49H2;4*1H/q+2;;;;/p-2. The zero-order valence-corrected chi connectivity index (χ0v) is 45.8. The van der Waals surface area contributed by atoms with E-state index in [1.165, 1.54) is 47.7 Å². The van der Waals surface area contributed by atoms with Gasteiger partial charge in [0, 0.05) is 11.1 Å². The summed E-state index contributed by atoms with van der Waals surface area (Å²) in [5, 5.41) is 36.3. The second-order valence-corrected chi connectivity index (χ2v) is 27.8. The second-order valence-electron chi connectivity index (χ2n) is 17.4. The van der Waals surface area contributed by atoms with Gasteiger partial charge >= 0.3 is 0 Å². The number of benzene rings is 9. The summed E-state index contributed by atoms with van der Waals surface area (Å²) in [7, 11) is -7.73. The molecule has 0 spiro atoms. The van der Waals surface area contributed by atoms with Crippen LogP contribution in [0.1, 0.15) is 22.5 Å². The summed E-state index contributed by atoms with van der Waals surface area (Å²) < 4.78 is 0. The quantitative estimate of drug-likeness (QED) is 0.146. The van der Waals surface area contributed by atoms with Gasteiger partial charge in [-0.2, -0.15) is 0 Å². The highest BCUT2D eigenvalue weighted by Crippen LogP contribution is 2.64. The molecule has 3 nitrogen and oxygen atoms in total. The number of rotatable bonds is 16. The first-order valence-electron chi connectivity index (χ1n) is 23.6. The molecule has 0 aliphatic heterocycles. The molecule has 0 fully saturated rings. The van der Waals surface area contributed by atoms with E-state index < -0.39 is 21.8 Å². The van der Waals surface area contributed by atoms with Gasteiger partial charge in [0.1, 0.15) is 99.5 Å². The Balaban J connectivity index is 0.00000217. The van der Waals surface area contributed by atoms with Crippen LogP contribution in [0, 0.1) is 0 Å². The van der Waals surface area contributed by atoms with Crippen LogP contribution in [-0.2, 0) is 25.1 Å². The Hall–Kier alpha value is -5.66. The lowest BCUT2D eigenvalue weighted by atomic mass is 10.1.